The smallest absolute Gasteiger partial charge is 0.246 e. The zero-order valence-corrected chi connectivity index (χ0v) is 21.7. The molecule has 1 atom stereocenters. The summed E-state index contributed by atoms with van der Waals surface area (Å²) in [5.41, 5.74) is 10.8. The van der Waals surface area contributed by atoms with Crippen molar-refractivity contribution in [2.24, 2.45) is 17.4 Å². The molecule has 3 amide bonds. The summed E-state index contributed by atoms with van der Waals surface area (Å²) in [7, 11) is 0. The van der Waals surface area contributed by atoms with E-state index in [-0.39, 0.29) is 49.2 Å². The number of carbonyl (C=O) groups is 4. The molecular weight excluding hydrogens is 472 g/mol. The van der Waals surface area contributed by atoms with Gasteiger partial charge in [-0.05, 0) is 32.2 Å². The van der Waals surface area contributed by atoms with Crippen LogP contribution in [0, 0.1) is 5.92 Å². The first-order valence-corrected chi connectivity index (χ1v) is 12.8. The Bertz CT molecular complexity index is 607. The van der Waals surface area contributed by atoms with E-state index in [2.05, 4.69) is 10.6 Å². The maximum absolute atomic E-state index is 11.7. The highest BCUT2D eigenvalue weighted by molar-refractivity contribution is 5.78. The second-order valence-electron chi connectivity index (χ2n) is 8.20. The van der Waals surface area contributed by atoms with Crippen molar-refractivity contribution >= 4 is 23.5 Å². The van der Waals surface area contributed by atoms with Gasteiger partial charge in [-0.15, -0.1) is 0 Å². The third kappa shape index (κ3) is 22.4. The molecule has 0 radical (unpaired) electrons. The lowest BCUT2D eigenvalue weighted by Crippen LogP contribution is -2.31. The standard InChI is InChI=1S/C24H46N4O8/c1-2-21(29)7-5-12-33-14-16-35-19-23(31)28-11-13-34-15-17-36-18-22(30)27-10-4-3-6-20(8-9-25)24(26)32/h20H,2-19,25H2,1H3,(H2,26,32)(H,27,30)(H,28,31)/t20-/m0/s1. The summed E-state index contributed by atoms with van der Waals surface area (Å²) in [6.45, 7) is 5.06. The minimum absolute atomic E-state index is 0.0602. The van der Waals surface area contributed by atoms with Crippen molar-refractivity contribution < 1.29 is 38.1 Å². The number of amides is 3. The molecule has 36 heavy (non-hydrogen) atoms. The van der Waals surface area contributed by atoms with E-state index in [1.807, 2.05) is 6.92 Å². The van der Waals surface area contributed by atoms with Gasteiger partial charge in [-0.3, -0.25) is 19.2 Å². The largest absolute Gasteiger partial charge is 0.379 e. The average molecular weight is 519 g/mol. The lowest BCUT2D eigenvalue weighted by Gasteiger charge is -2.12. The molecule has 0 aliphatic carbocycles. The number of primary amides is 1. The molecule has 210 valence electrons. The number of hydrogen-bond acceptors (Lipinski definition) is 9. The third-order valence-corrected chi connectivity index (χ3v) is 5.14. The Balaban J connectivity index is 3.42. The first-order valence-electron chi connectivity index (χ1n) is 12.8. The first-order chi connectivity index (χ1) is 17.4. The highest BCUT2D eigenvalue weighted by Crippen LogP contribution is 2.11. The van der Waals surface area contributed by atoms with Crippen molar-refractivity contribution in [1.82, 2.24) is 10.6 Å². The second-order valence-corrected chi connectivity index (χ2v) is 8.20. The van der Waals surface area contributed by atoms with Gasteiger partial charge in [0.2, 0.25) is 17.7 Å². The van der Waals surface area contributed by atoms with Crippen molar-refractivity contribution in [3.05, 3.63) is 0 Å². The number of ether oxygens (including phenoxy) is 4. The van der Waals surface area contributed by atoms with E-state index in [9.17, 15) is 19.2 Å². The van der Waals surface area contributed by atoms with Gasteiger partial charge in [0.1, 0.15) is 19.0 Å². The predicted octanol–water partition coefficient (Wildman–Crippen LogP) is -0.335. The van der Waals surface area contributed by atoms with Crippen LogP contribution in [0.2, 0.25) is 0 Å². The summed E-state index contributed by atoms with van der Waals surface area (Å²) in [5.74, 6) is -0.771. The normalized spacial score (nSPS) is 11.7. The maximum Gasteiger partial charge on any atom is 0.246 e. The summed E-state index contributed by atoms with van der Waals surface area (Å²) in [4.78, 5) is 45.8. The van der Waals surface area contributed by atoms with Crippen molar-refractivity contribution in [3.8, 4) is 0 Å². The van der Waals surface area contributed by atoms with Crippen LogP contribution in [0.4, 0.5) is 0 Å². The summed E-state index contributed by atoms with van der Waals surface area (Å²) in [5, 5.41) is 5.43. The first kappa shape index (κ1) is 33.9. The number of hydrogen-bond donors (Lipinski definition) is 4. The van der Waals surface area contributed by atoms with Gasteiger partial charge < -0.3 is 41.0 Å². The molecule has 6 N–H and O–H groups in total. The number of carbonyl (C=O) groups excluding carboxylic acids is 4. The van der Waals surface area contributed by atoms with E-state index >= 15 is 0 Å². The molecule has 12 heteroatoms. The van der Waals surface area contributed by atoms with Crippen molar-refractivity contribution in [2.75, 3.05) is 72.5 Å². The van der Waals surface area contributed by atoms with Gasteiger partial charge in [-0.2, -0.15) is 0 Å². The maximum atomic E-state index is 11.7. The Labute approximate surface area is 214 Å². The molecule has 0 saturated carbocycles. The van der Waals surface area contributed by atoms with Gasteiger partial charge in [0, 0.05) is 38.5 Å². The molecule has 0 aromatic heterocycles. The molecule has 0 fully saturated rings. The van der Waals surface area contributed by atoms with Crippen molar-refractivity contribution in [3.63, 3.8) is 0 Å². The highest BCUT2D eigenvalue weighted by atomic mass is 16.5. The molecule has 0 unspecified atom stereocenters. The van der Waals surface area contributed by atoms with Crippen LogP contribution in [-0.2, 0) is 38.1 Å². The summed E-state index contributed by atoms with van der Waals surface area (Å²) in [6.07, 6.45) is 4.56. The van der Waals surface area contributed by atoms with E-state index < -0.39 is 0 Å². The van der Waals surface area contributed by atoms with Crippen LogP contribution in [0.15, 0.2) is 0 Å². The lowest BCUT2D eigenvalue weighted by molar-refractivity contribution is -0.127. The van der Waals surface area contributed by atoms with Crippen LogP contribution in [-0.4, -0.2) is 96.0 Å². The molecular formula is C24H46N4O8. The lowest BCUT2D eigenvalue weighted by atomic mass is 9.98. The molecule has 0 bridgehead atoms. The van der Waals surface area contributed by atoms with Gasteiger partial charge in [0.05, 0.1) is 33.0 Å². The average Bonchev–Trinajstić information content (AvgIpc) is 2.85. The summed E-state index contributed by atoms with van der Waals surface area (Å²) >= 11 is 0. The molecule has 0 aromatic carbocycles. The second kappa shape index (κ2) is 24.6. The fourth-order valence-corrected chi connectivity index (χ4v) is 3.06. The summed E-state index contributed by atoms with van der Waals surface area (Å²) in [6, 6.07) is 0. The number of rotatable bonds is 26. The molecule has 0 aromatic rings. The van der Waals surface area contributed by atoms with Gasteiger partial charge in [-0.1, -0.05) is 13.3 Å². The quantitative estimate of drug-likeness (QED) is 0.111. The fourth-order valence-electron chi connectivity index (χ4n) is 3.06. The highest BCUT2D eigenvalue weighted by Gasteiger charge is 2.13. The number of Topliss-reactive ketones (excluding diaryl/α,β-unsaturated/α-hetero) is 1. The molecule has 0 spiro atoms. The van der Waals surface area contributed by atoms with E-state index in [0.29, 0.717) is 84.8 Å². The molecule has 12 nitrogen and oxygen atoms in total. The van der Waals surface area contributed by atoms with Crippen molar-refractivity contribution in [1.29, 1.82) is 0 Å². The van der Waals surface area contributed by atoms with Gasteiger partial charge in [0.15, 0.2) is 0 Å². The Hall–Kier alpha value is -2.12. The molecule has 0 heterocycles. The van der Waals surface area contributed by atoms with Crippen LogP contribution in [0.1, 0.15) is 51.9 Å². The Kier molecular flexibility index (Phi) is 23.1. The Morgan fingerprint density at radius 3 is 1.89 bits per heavy atom. The SMILES string of the molecule is CCC(=O)CCCOCCOCC(=O)NCCOCCOCC(=O)NCCCC[C@@H](CCN)C(N)=O. The Morgan fingerprint density at radius 1 is 0.722 bits per heavy atom. The fraction of sp³-hybridized carbons (Fsp3) is 0.833. The number of ketones is 1. The molecule has 0 saturated heterocycles. The minimum Gasteiger partial charge on any atom is -0.379 e. The zero-order chi connectivity index (χ0) is 26.9. The topological polar surface area (TPSA) is 181 Å². The number of nitrogens with one attached hydrogen (secondary N) is 2. The van der Waals surface area contributed by atoms with Crippen molar-refractivity contribution in [2.45, 2.75) is 51.9 Å². The minimum atomic E-state index is -0.331. The van der Waals surface area contributed by atoms with E-state index in [1.54, 1.807) is 0 Å². The Morgan fingerprint density at radius 2 is 1.31 bits per heavy atom. The summed E-state index contributed by atoms with van der Waals surface area (Å²) < 4.78 is 21.2. The molecule has 0 aliphatic rings. The van der Waals surface area contributed by atoms with Crippen LogP contribution in [0.25, 0.3) is 0 Å². The number of unbranched alkanes of at least 4 members (excludes halogenated alkanes) is 1. The van der Waals surface area contributed by atoms with E-state index in [4.69, 9.17) is 30.4 Å². The monoisotopic (exact) mass is 518 g/mol. The predicted molar refractivity (Wildman–Crippen MR) is 134 cm³/mol. The van der Waals surface area contributed by atoms with Crippen LogP contribution >= 0.6 is 0 Å². The van der Waals surface area contributed by atoms with E-state index in [1.165, 1.54) is 0 Å². The molecule has 0 rings (SSSR count). The number of nitrogens with two attached hydrogens (primary N) is 2. The van der Waals surface area contributed by atoms with Crippen LogP contribution < -0.4 is 22.1 Å². The van der Waals surface area contributed by atoms with Gasteiger partial charge >= 0.3 is 0 Å². The van der Waals surface area contributed by atoms with E-state index in [0.717, 1.165) is 12.8 Å². The molecule has 0 aliphatic heterocycles. The van der Waals surface area contributed by atoms with Crippen LogP contribution in [0.5, 0.6) is 0 Å². The van der Waals surface area contributed by atoms with Crippen LogP contribution in [0.3, 0.4) is 0 Å². The zero-order valence-electron chi connectivity index (χ0n) is 21.7. The van der Waals surface area contributed by atoms with Gasteiger partial charge in [-0.25, -0.2) is 0 Å². The van der Waals surface area contributed by atoms with Gasteiger partial charge in [0.25, 0.3) is 0 Å². The third-order valence-electron chi connectivity index (χ3n) is 5.14.